The zero-order valence-electron chi connectivity index (χ0n) is 9.48. The van der Waals surface area contributed by atoms with Crippen molar-refractivity contribution in [2.24, 2.45) is 0 Å². The van der Waals surface area contributed by atoms with Gasteiger partial charge in [-0.05, 0) is 23.7 Å². The first kappa shape index (κ1) is 11.7. The fourth-order valence-corrected chi connectivity index (χ4v) is 1.59. The molecule has 0 saturated heterocycles. The summed E-state index contributed by atoms with van der Waals surface area (Å²) in [4.78, 5) is 7.88. The molecule has 2 rings (SSSR count). The summed E-state index contributed by atoms with van der Waals surface area (Å²) < 4.78 is 10.4. The van der Waals surface area contributed by atoms with Crippen LogP contribution in [0.15, 0.2) is 30.6 Å². The summed E-state index contributed by atoms with van der Waals surface area (Å²) in [5.41, 5.74) is 1.74. The lowest BCUT2D eigenvalue weighted by molar-refractivity contribution is 0.395. The van der Waals surface area contributed by atoms with Gasteiger partial charge in [0.15, 0.2) is 0 Å². The number of halogens is 1. The van der Waals surface area contributed by atoms with Gasteiger partial charge in [-0.2, -0.15) is 0 Å². The van der Waals surface area contributed by atoms with Gasteiger partial charge in [0.25, 0.3) is 0 Å². The van der Waals surface area contributed by atoms with Crippen LogP contribution >= 0.6 is 11.6 Å². The maximum Gasteiger partial charge on any atom is 0.222 e. The van der Waals surface area contributed by atoms with E-state index in [2.05, 4.69) is 9.97 Å². The molecule has 17 heavy (non-hydrogen) atoms. The Bertz CT molecular complexity index is 514. The molecule has 1 aromatic carbocycles. The van der Waals surface area contributed by atoms with Crippen molar-refractivity contribution >= 4 is 11.6 Å². The first-order valence-corrected chi connectivity index (χ1v) is 5.32. The van der Waals surface area contributed by atoms with Crippen molar-refractivity contribution in [3.05, 3.63) is 35.9 Å². The van der Waals surface area contributed by atoms with E-state index in [9.17, 15) is 0 Å². The molecule has 4 nitrogen and oxygen atoms in total. The third-order valence-corrected chi connectivity index (χ3v) is 2.54. The molecule has 1 aromatic heterocycles. The maximum absolute atomic E-state index is 5.65. The number of nitrogens with zero attached hydrogens (tertiary/aromatic N) is 2. The Labute approximate surface area is 104 Å². The van der Waals surface area contributed by atoms with Crippen LogP contribution in [0.4, 0.5) is 0 Å². The van der Waals surface area contributed by atoms with Crippen LogP contribution in [0.1, 0.15) is 0 Å². The lowest BCUT2D eigenvalue weighted by atomic mass is 10.1. The van der Waals surface area contributed by atoms with Crippen molar-refractivity contribution in [2.75, 3.05) is 14.2 Å². The second-order valence-corrected chi connectivity index (χ2v) is 3.65. The first-order chi connectivity index (χ1) is 8.24. The monoisotopic (exact) mass is 250 g/mol. The van der Waals surface area contributed by atoms with Gasteiger partial charge in [-0.15, -0.1) is 0 Å². The van der Waals surface area contributed by atoms with E-state index < -0.39 is 0 Å². The van der Waals surface area contributed by atoms with E-state index in [-0.39, 0.29) is 5.28 Å². The highest BCUT2D eigenvalue weighted by atomic mass is 35.5. The molecule has 0 saturated carbocycles. The highest BCUT2D eigenvalue weighted by molar-refractivity contribution is 6.28. The third-order valence-electron chi connectivity index (χ3n) is 2.34. The molecule has 0 fully saturated rings. The molecule has 5 heteroatoms. The highest BCUT2D eigenvalue weighted by Gasteiger charge is 2.08. The summed E-state index contributed by atoms with van der Waals surface area (Å²) in [6.07, 6.45) is 3.30. The van der Waals surface area contributed by atoms with Gasteiger partial charge >= 0.3 is 0 Å². The van der Waals surface area contributed by atoms with Gasteiger partial charge in [0.2, 0.25) is 5.28 Å². The normalized spacial score (nSPS) is 10.1. The van der Waals surface area contributed by atoms with E-state index in [1.54, 1.807) is 26.6 Å². The SMILES string of the molecule is COc1ccc(-c2cnc(Cl)nc2)c(OC)c1. The van der Waals surface area contributed by atoms with Crippen LogP contribution < -0.4 is 9.47 Å². The van der Waals surface area contributed by atoms with Crippen molar-refractivity contribution in [1.82, 2.24) is 9.97 Å². The molecule has 0 bridgehead atoms. The van der Waals surface area contributed by atoms with Gasteiger partial charge in [-0.25, -0.2) is 9.97 Å². The number of hydrogen-bond acceptors (Lipinski definition) is 4. The van der Waals surface area contributed by atoms with Gasteiger partial charge in [-0.3, -0.25) is 0 Å². The van der Waals surface area contributed by atoms with E-state index in [1.807, 2.05) is 18.2 Å². The predicted molar refractivity (Wildman–Crippen MR) is 65.6 cm³/mol. The summed E-state index contributed by atoms with van der Waals surface area (Å²) in [5, 5.41) is 0.223. The molecule has 0 unspecified atom stereocenters. The minimum Gasteiger partial charge on any atom is -0.497 e. The maximum atomic E-state index is 5.65. The molecular formula is C12H11ClN2O2. The van der Waals surface area contributed by atoms with Crippen LogP contribution in [0.5, 0.6) is 11.5 Å². The third kappa shape index (κ3) is 2.47. The van der Waals surface area contributed by atoms with Crippen molar-refractivity contribution in [1.29, 1.82) is 0 Å². The largest absolute Gasteiger partial charge is 0.497 e. The lowest BCUT2D eigenvalue weighted by Crippen LogP contribution is -1.91. The van der Waals surface area contributed by atoms with Crippen molar-refractivity contribution in [3.63, 3.8) is 0 Å². The van der Waals surface area contributed by atoms with Crippen molar-refractivity contribution in [3.8, 4) is 22.6 Å². The van der Waals surface area contributed by atoms with E-state index in [0.29, 0.717) is 5.75 Å². The summed E-state index contributed by atoms with van der Waals surface area (Å²) in [6, 6.07) is 5.56. The van der Waals surface area contributed by atoms with Gasteiger partial charge in [-0.1, -0.05) is 0 Å². The Kier molecular flexibility index (Phi) is 3.44. The van der Waals surface area contributed by atoms with E-state index >= 15 is 0 Å². The fraction of sp³-hybridized carbons (Fsp3) is 0.167. The molecule has 2 aromatic rings. The zero-order chi connectivity index (χ0) is 12.3. The molecule has 88 valence electrons. The average molecular weight is 251 g/mol. The first-order valence-electron chi connectivity index (χ1n) is 4.94. The fourth-order valence-electron chi connectivity index (χ4n) is 1.49. The number of benzene rings is 1. The van der Waals surface area contributed by atoms with Gasteiger partial charge < -0.3 is 9.47 Å². The molecule has 0 radical (unpaired) electrons. The Morgan fingerprint density at radius 2 is 1.76 bits per heavy atom. The second-order valence-electron chi connectivity index (χ2n) is 3.31. The molecule has 0 amide bonds. The smallest absolute Gasteiger partial charge is 0.222 e. The Balaban J connectivity index is 2.47. The number of methoxy groups -OCH3 is 2. The molecule has 1 heterocycles. The van der Waals surface area contributed by atoms with Crippen LogP contribution in [0.3, 0.4) is 0 Å². The molecule has 0 aliphatic heterocycles. The van der Waals surface area contributed by atoms with E-state index in [4.69, 9.17) is 21.1 Å². The minimum atomic E-state index is 0.223. The Hall–Kier alpha value is -1.81. The van der Waals surface area contributed by atoms with Gasteiger partial charge in [0, 0.05) is 29.6 Å². The molecule has 0 atom stereocenters. The number of rotatable bonds is 3. The second kappa shape index (κ2) is 5.01. The standard InChI is InChI=1S/C12H11ClN2O2/c1-16-9-3-4-10(11(5-9)17-2)8-6-14-12(13)15-7-8/h3-7H,1-2H3. The van der Waals surface area contributed by atoms with Crippen LogP contribution in [-0.2, 0) is 0 Å². The topological polar surface area (TPSA) is 44.2 Å². The minimum absolute atomic E-state index is 0.223. The lowest BCUT2D eigenvalue weighted by Gasteiger charge is -2.09. The van der Waals surface area contributed by atoms with Crippen molar-refractivity contribution < 1.29 is 9.47 Å². The van der Waals surface area contributed by atoms with Crippen molar-refractivity contribution in [2.45, 2.75) is 0 Å². The van der Waals surface area contributed by atoms with Crippen LogP contribution in [0.25, 0.3) is 11.1 Å². The van der Waals surface area contributed by atoms with Crippen LogP contribution in [-0.4, -0.2) is 24.2 Å². The molecule has 0 N–H and O–H groups in total. The van der Waals surface area contributed by atoms with Crippen LogP contribution in [0, 0.1) is 0 Å². The number of ether oxygens (including phenoxy) is 2. The quantitative estimate of drug-likeness (QED) is 0.786. The molecule has 0 aliphatic carbocycles. The Morgan fingerprint density at radius 1 is 1.06 bits per heavy atom. The van der Waals surface area contributed by atoms with Gasteiger partial charge in [0.05, 0.1) is 14.2 Å². The van der Waals surface area contributed by atoms with E-state index in [1.165, 1.54) is 0 Å². The van der Waals surface area contributed by atoms with E-state index in [0.717, 1.165) is 16.9 Å². The highest BCUT2D eigenvalue weighted by Crippen LogP contribution is 2.32. The average Bonchev–Trinajstić information content (AvgIpc) is 2.39. The molecule has 0 spiro atoms. The summed E-state index contributed by atoms with van der Waals surface area (Å²) in [5.74, 6) is 1.44. The molecular weight excluding hydrogens is 240 g/mol. The predicted octanol–water partition coefficient (Wildman–Crippen LogP) is 2.81. The Morgan fingerprint density at radius 3 is 2.35 bits per heavy atom. The van der Waals surface area contributed by atoms with Crippen LogP contribution in [0.2, 0.25) is 5.28 Å². The zero-order valence-corrected chi connectivity index (χ0v) is 10.2. The summed E-state index contributed by atoms with van der Waals surface area (Å²) >= 11 is 5.65. The molecule has 0 aliphatic rings. The summed E-state index contributed by atoms with van der Waals surface area (Å²) in [7, 11) is 3.22. The number of aromatic nitrogens is 2. The number of hydrogen-bond donors (Lipinski definition) is 0. The van der Waals surface area contributed by atoms with Gasteiger partial charge in [0.1, 0.15) is 11.5 Å². The summed E-state index contributed by atoms with van der Waals surface area (Å²) in [6.45, 7) is 0.